The lowest BCUT2D eigenvalue weighted by atomic mass is 10.0. The van der Waals surface area contributed by atoms with E-state index in [0.29, 0.717) is 6.42 Å². The first-order valence-corrected chi connectivity index (χ1v) is 23.5. The van der Waals surface area contributed by atoms with Crippen LogP contribution in [0.4, 0.5) is 0 Å². The number of carbonyl (C=O) groups is 2. The maximum absolute atomic E-state index is 12.9. The predicted octanol–water partition coefficient (Wildman–Crippen LogP) is 14.2. The summed E-state index contributed by atoms with van der Waals surface area (Å²) in [5.41, 5.74) is 1.07. The molecule has 0 saturated carbocycles. The highest BCUT2D eigenvalue weighted by atomic mass is 127. The third-order valence-electron chi connectivity index (χ3n) is 9.68. The molecule has 1 rings (SSSR count). The van der Waals surface area contributed by atoms with Crippen molar-refractivity contribution in [2.75, 3.05) is 0 Å². The third-order valence-corrected chi connectivity index (χ3v) is 11.6. The molecule has 1 N–H and O–H groups in total. The van der Waals surface area contributed by atoms with Crippen LogP contribution in [0.2, 0.25) is 0 Å². The van der Waals surface area contributed by atoms with Gasteiger partial charge in [0.25, 0.3) is 5.91 Å². The van der Waals surface area contributed by atoms with Crippen LogP contribution in [0.1, 0.15) is 222 Å². The first kappa shape index (κ1) is 45.5. The van der Waals surface area contributed by atoms with Crippen molar-refractivity contribution in [1.29, 1.82) is 0 Å². The Balaban J connectivity index is 2.18. The predicted molar refractivity (Wildman–Crippen MR) is 216 cm³/mol. The van der Waals surface area contributed by atoms with Crippen LogP contribution in [0, 0.1) is 3.57 Å². The second kappa shape index (κ2) is 33.6. The Labute approximate surface area is 309 Å². The molecule has 5 nitrogen and oxygen atoms in total. The molecule has 0 aliphatic rings. The van der Waals surface area contributed by atoms with Crippen LogP contribution in [-0.2, 0) is 17.4 Å². The van der Waals surface area contributed by atoms with Crippen molar-refractivity contribution < 1.29 is 15.7 Å². The van der Waals surface area contributed by atoms with Crippen LogP contribution >= 0.6 is 19.8 Å². The maximum atomic E-state index is 12.9. The molecule has 0 aliphatic heterocycles. The zero-order valence-electron chi connectivity index (χ0n) is 31.8. The number of halogens is 1. The molecular weight excluding hydrogens is 721 g/mol. The van der Waals surface area contributed by atoms with Crippen LogP contribution in [0.25, 0.3) is 0 Å². The van der Waals surface area contributed by atoms with Crippen LogP contribution in [-0.4, -0.2) is 11.8 Å². The van der Waals surface area contributed by atoms with E-state index in [-0.39, 0.29) is 15.0 Å². The first-order chi connectivity index (χ1) is 24.0. The molecule has 0 saturated heterocycles. The van der Waals surface area contributed by atoms with Gasteiger partial charge in [0, 0.05) is 6.42 Å². The van der Waals surface area contributed by atoms with Gasteiger partial charge in [-0.1, -0.05) is 180 Å². The Morgan fingerprint density at radius 3 is 1.41 bits per heavy atom. The highest BCUT2D eigenvalue weighted by Gasteiger charge is 2.18. The molecule has 1 aromatic carbocycles. The minimum Gasteiger partial charge on any atom is -0.292 e. The van der Waals surface area contributed by atoms with Crippen LogP contribution < -0.4 is 5.32 Å². The highest BCUT2D eigenvalue weighted by molar-refractivity contribution is 14.2. The fourth-order valence-electron chi connectivity index (χ4n) is 6.53. The van der Waals surface area contributed by atoms with Crippen LogP contribution in [0.15, 0.2) is 30.4 Å². The van der Waals surface area contributed by atoms with Crippen molar-refractivity contribution >= 4 is 31.6 Å². The van der Waals surface area contributed by atoms with Crippen molar-refractivity contribution in [2.24, 2.45) is 0 Å². The maximum Gasteiger partial charge on any atom is 0.341 e. The Kier molecular flexibility index (Phi) is 31.1. The molecule has 0 radical (unpaired) electrons. The van der Waals surface area contributed by atoms with E-state index in [1.165, 1.54) is 148 Å². The molecule has 0 fully saturated rings. The fourth-order valence-corrected chi connectivity index (χ4v) is 7.87. The second-order valence-corrected chi connectivity index (χ2v) is 16.7. The fraction of sp³-hybridized carbons (Fsp3) is 0.767. The lowest BCUT2D eigenvalue weighted by Gasteiger charge is -2.09. The summed E-state index contributed by atoms with van der Waals surface area (Å²) in [6.45, 7) is 4.53. The average molecular weight is 796 g/mol. The van der Waals surface area contributed by atoms with E-state index in [4.69, 9.17) is 0 Å². The van der Waals surface area contributed by atoms with Gasteiger partial charge in [-0.05, 0) is 62.6 Å². The summed E-state index contributed by atoms with van der Waals surface area (Å²) in [6.07, 6.45) is 42.4. The minimum atomic E-state index is -3.88. The quantitative estimate of drug-likeness (QED) is 0.0428. The van der Waals surface area contributed by atoms with Gasteiger partial charge < -0.3 is 0 Å². The summed E-state index contributed by atoms with van der Waals surface area (Å²) in [5, 5.41) is 2.46. The summed E-state index contributed by atoms with van der Waals surface area (Å²) >= 11 is -3.88. The molecular formula is C43H74INO4. The Hall–Kier alpha value is -1.57. The molecule has 49 heavy (non-hydrogen) atoms. The Morgan fingerprint density at radius 1 is 0.551 bits per heavy atom. The van der Waals surface area contributed by atoms with Gasteiger partial charge in [-0.3, -0.25) is 14.9 Å². The Bertz CT molecular complexity index is 1060. The van der Waals surface area contributed by atoms with Gasteiger partial charge in [-0.15, -0.1) is 0 Å². The minimum absolute atomic E-state index is 0.0731. The lowest BCUT2D eigenvalue weighted by Crippen LogP contribution is -2.31. The largest absolute Gasteiger partial charge is 0.341 e. The van der Waals surface area contributed by atoms with Gasteiger partial charge in [0.2, 0.25) is 5.91 Å². The van der Waals surface area contributed by atoms with Crippen molar-refractivity contribution in [2.45, 2.75) is 213 Å². The number of allylic oxidation sites excluding steroid dienone is 2. The lowest BCUT2D eigenvalue weighted by molar-refractivity contribution is -0.120. The number of rotatable bonds is 34. The monoisotopic (exact) mass is 795 g/mol. The second-order valence-electron chi connectivity index (χ2n) is 14.3. The number of hydrogen-bond donors (Lipinski definition) is 1. The molecule has 0 unspecified atom stereocenters. The topological polar surface area (TPSA) is 80.3 Å². The molecule has 282 valence electrons. The van der Waals surface area contributed by atoms with Crippen molar-refractivity contribution in [3.05, 3.63) is 45.0 Å². The standard InChI is InChI=1S/C43H74INO4/c1-3-5-7-9-11-13-15-17-19-21-22-24-26-28-30-32-34-39-36-37-41(44(48)49)40(38-39)43(47)45-42(46)35-33-31-29-27-25-23-20-18-16-14-12-10-8-6-4-2/h21-22,36-38H,3-20,23-35H2,1-2H3,(H,45,46,47). The third kappa shape index (κ3) is 26.8. The van der Waals surface area contributed by atoms with E-state index in [1.54, 1.807) is 12.1 Å². The molecule has 0 aliphatic carbocycles. The highest BCUT2D eigenvalue weighted by Crippen LogP contribution is 2.24. The molecule has 2 amide bonds. The van der Waals surface area contributed by atoms with E-state index in [1.807, 2.05) is 6.07 Å². The number of amides is 2. The van der Waals surface area contributed by atoms with E-state index < -0.39 is 25.7 Å². The number of hydrogen-bond acceptors (Lipinski definition) is 4. The van der Waals surface area contributed by atoms with Crippen molar-refractivity contribution in [3.63, 3.8) is 0 Å². The summed E-state index contributed by atoms with van der Waals surface area (Å²) in [4.78, 5) is 25.4. The molecule has 0 bridgehead atoms. The molecule has 6 heteroatoms. The van der Waals surface area contributed by atoms with Gasteiger partial charge in [0.15, 0.2) is 0 Å². The summed E-state index contributed by atoms with van der Waals surface area (Å²) in [6, 6.07) is 5.04. The summed E-state index contributed by atoms with van der Waals surface area (Å²) in [5.74, 6) is -0.907. The van der Waals surface area contributed by atoms with Crippen molar-refractivity contribution in [3.8, 4) is 0 Å². The molecule has 1 aromatic rings. The zero-order valence-corrected chi connectivity index (χ0v) is 34.0. The van der Waals surface area contributed by atoms with Gasteiger partial charge in [-0.2, -0.15) is 0 Å². The SMILES string of the molecule is CCCCCCCCCCC=CCCCCCCc1ccc(I(=O)=O)c(C(=O)NC(=O)CCCCCCCCCCCCCCCCC)c1. The number of aryl methyl sites for hydroxylation is 1. The van der Waals surface area contributed by atoms with Gasteiger partial charge in [0.05, 0.1) is 9.13 Å². The average Bonchev–Trinajstić information content (AvgIpc) is 3.09. The van der Waals surface area contributed by atoms with E-state index in [9.17, 15) is 15.7 Å². The van der Waals surface area contributed by atoms with E-state index >= 15 is 0 Å². The smallest absolute Gasteiger partial charge is 0.292 e. The molecule has 0 spiro atoms. The Morgan fingerprint density at radius 2 is 0.959 bits per heavy atom. The zero-order chi connectivity index (χ0) is 35.6. The van der Waals surface area contributed by atoms with Gasteiger partial charge in [-0.25, -0.2) is 6.14 Å². The first-order valence-electron chi connectivity index (χ1n) is 20.7. The van der Waals surface area contributed by atoms with Gasteiger partial charge >= 0.3 is 19.8 Å². The molecule has 0 atom stereocenters. The summed E-state index contributed by atoms with van der Waals surface area (Å²) < 4.78 is 23.9. The number of nitrogens with one attached hydrogen (secondary N) is 1. The van der Waals surface area contributed by atoms with Crippen molar-refractivity contribution in [1.82, 2.24) is 5.32 Å². The summed E-state index contributed by atoms with van der Waals surface area (Å²) in [7, 11) is 0. The van der Waals surface area contributed by atoms with E-state index in [0.717, 1.165) is 50.5 Å². The number of benzene rings is 1. The number of imide groups is 1. The normalized spacial score (nSPS) is 11.6. The van der Waals surface area contributed by atoms with Crippen LogP contribution in [0.5, 0.6) is 0 Å². The van der Waals surface area contributed by atoms with E-state index in [2.05, 4.69) is 31.3 Å². The number of carbonyl (C=O) groups excluding carboxylic acids is 2. The molecule has 0 heterocycles. The van der Waals surface area contributed by atoms with Gasteiger partial charge in [0.1, 0.15) is 0 Å². The van der Waals surface area contributed by atoms with Crippen LogP contribution in [0.3, 0.4) is 0 Å². The molecule has 0 aromatic heterocycles. The number of unbranched alkanes of at least 4 members (excludes halogenated alkanes) is 26.